The van der Waals surface area contributed by atoms with Crippen molar-refractivity contribution in [3.63, 3.8) is 0 Å². The van der Waals surface area contributed by atoms with Gasteiger partial charge in [-0.1, -0.05) is 12.8 Å². The molecule has 1 saturated heterocycles. The predicted octanol–water partition coefficient (Wildman–Crippen LogP) is 1.18. The molecular weight excluding hydrogens is 384 g/mol. The standard InChI is InChI=1S/C18H24N4O5S/c1-19-28(26,27)14-8-6-13(7-9-14)20-15(23)5-4-12-22-16(24)18(21-17(22)25)10-2-3-11-18/h6-9,19H,2-5,10-12H2,1H3,(H,20,23)(H,21,25). The molecule has 1 saturated carbocycles. The Kier molecular flexibility index (Phi) is 5.71. The van der Waals surface area contributed by atoms with Crippen LogP contribution in [-0.4, -0.2) is 50.3 Å². The number of amides is 4. The van der Waals surface area contributed by atoms with E-state index in [1.54, 1.807) is 0 Å². The third-order valence-corrected chi connectivity index (χ3v) is 6.64. The van der Waals surface area contributed by atoms with Crippen LogP contribution in [0.4, 0.5) is 10.5 Å². The van der Waals surface area contributed by atoms with Crippen LogP contribution < -0.4 is 15.4 Å². The molecule has 1 heterocycles. The number of carbonyl (C=O) groups excluding carboxylic acids is 3. The average molecular weight is 408 g/mol. The number of anilines is 1. The summed E-state index contributed by atoms with van der Waals surface area (Å²) in [4.78, 5) is 38.0. The molecule has 0 bridgehead atoms. The van der Waals surface area contributed by atoms with Crippen LogP contribution in [0.1, 0.15) is 38.5 Å². The third-order valence-electron chi connectivity index (χ3n) is 5.21. The summed E-state index contributed by atoms with van der Waals surface area (Å²) in [6, 6.07) is 5.42. The predicted molar refractivity (Wildman–Crippen MR) is 102 cm³/mol. The van der Waals surface area contributed by atoms with Gasteiger partial charge < -0.3 is 10.6 Å². The quantitative estimate of drug-likeness (QED) is 0.584. The van der Waals surface area contributed by atoms with Gasteiger partial charge in [-0.2, -0.15) is 0 Å². The fourth-order valence-electron chi connectivity index (χ4n) is 3.65. The summed E-state index contributed by atoms with van der Waals surface area (Å²) >= 11 is 0. The van der Waals surface area contributed by atoms with Gasteiger partial charge in [0, 0.05) is 18.7 Å². The Hall–Kier alpha value is -2.46. The lowest BCUT2D eigenvalue weighted by molar-refractivity contribution is -0.131. The Bertz CT molecular complexity index is 876. The molecule has 9 nitrogen and oxygen atoms in total. The van der Waals surface area contributed by atoms with Crippen molar-refractivity contribution in [2.24, 2.45) is 0 Å². The minimum atomic E-state index is -3.53. The van der Waals surface area contributed by atoms with Gasteiger partial charge >= 0.3 is 6.03 Å². The fraction of sp³-hybridized carbons (Fsp3) is 0.500. The summed E-state index contributed by atoms with van der Waals surface area (Å²) in [5.74, 6) is -0.455. The van der Waals surface area contributed by atoms with Crippen molar-refractivity contribution in [1.82, 2.24) is 14.9 Å². The van der Waals surface area contributed by atoms with Crippen LogP contribution in [0.3, 0.4) is 0 Å². The van der Waals surface area contributed by atoms with Crippen LogP contribution in [0.5, 0.6) is 0 Å². The maximum absolute atomic E-state index is 12.5. The van der Waals surface area contributed by atoms with E-state index >= 15 is 0 Å². The number of urea groups is 1. The smallest absolute Gasteiger partial charge is 0.325 e. The highest BCUT2D eigenvalue weighted by atomic mass is 32.2. The normalized spacial score (nSPS) is 18.5. The number of hydrogen-bond acceptors (Lipinski definition) is 5. The van der Waals surface area contributed by atoms with Crippen LogP contribution in [0.2, 0.25) is 0 Å². The van der Waals surface area contributed by atoms with Gasteiger partial charge in [-0.15, -0.1) is 0 Å². The Morgan fingerprint density at radius 2 is 1.82 bits per heavy atom. The molecule has 152 valence electrons. The molecule has 0 radical (unpaired) electrons. The Labute approximate surface area is 163 Å². The Morgan fingerprint density at radius 1 is 1.18 bits per heavy atom. The first-order valence-electron chi connectivity index (χ1n) is 9.25. The average Bonchev–Trinajstić information content (AvgIpc) is 3.22. The van der Waals surface area contributed by atoms with Crippen molar-refractivity contribution in [1.29, 1.82) is 0 Å². The van der Waals surface area contributed by atoms with Gasteiger partial charge in [0.2, 0.25) is 15.9 Å². The van der Waals surface area contributed by atoms with E-state index in [-0.39, 0.29) is 35.7 Å². The van der Waals surface area contributed by atoms with Crippen LogP contribution in [0.15, 0.2) is 29.2 Å². The number of nitrogens with one attached hydrogen (secondary N) is 3. The minimum absolute atomic E-state index is 0.104. The molecule has 0 unspecified atom stereocenters. The highest BCUT2D eigenvalue weighted by Crippen LogP contribution is 2.35. The summed E-state index contributed by atoms with van der Waals surface area (Å²) in [5.41, 5.74) is -0.255. The second-order valence-electron chi connectivity index (χ2n) is 7.06. The van der Waals surface area contributed by atoms with E-state index in [1.807, 2.05) is 0 Å². The number of rotatable bonds is 7. The number of benzene rings is 1. The highest BCUT2D eigenvalue weighted by Gasteiger charge is 2.51. The monoisotopic (exact) mass is 408 g/mol. The third kappa shape index (κ3) is 4.02. The first-order valence-corrected chi connectivity index (χ1v) is 10.7. The van der Waals surface area contributed by atoms with Gasteiger partial charge in [-0.3, -0.25) is 14.5 Å². The molecule has 0 aromatic heterocycles. The second kappa shape index (κ2) is 7.88. The summed E-state index contributed by atoms with van der Waals surface area (Å²) in [6.45, 7) is 0.194. The van der Waals surface area contributed by atoms with Gasteiger partial charge in [0.25, 0.3) is 5.91 Å². The summed E-state index contributed by atoms with van der Waals surface area (Å²) in [5, 5.41) is 5.49. The second-order valence-corrected chi connectivity index (χ2v) is 8.95. The lowest BCUT2D eigenvalue weighted by atomic mass is 9.98. The molecule has 10 heteroatoms. The van der Waals surface area contributed by atoms with Crippen LogP contribution in [0.25, 0.3) is 0 Å². The van der Waals surface area contributed by atoms with E-state index in [4.69, 9.17) is 0 Å². The van der Waals surface area contributed by atoms with Crippen LogP contribution in [0, 0.1) is 0 Å². The SMILES string of the molecule is CNS(=O)(=O)c1ccc(NC(=O)CCCN2C(=O)NC3(CCCC3)C2=O)cc1. The van der Waals surface area contributed by atoms with Crippen molar-refractivity contribution < 1.29 is 22.8 Å². The van der Waals surface area contributed by atoms with Gasteiger partial charge in [-0.25, -0.2) is 17.9 Å². The first-order chi connectivity index (χ1) is 13.3. The molecule has 1 aromatic carbocycles. The van der Waals surface area contributed by atoms with E-state index in [0.717, 1.165) is 12.8 Å². The summed E-state index contributed by atoms with van der Waals surface area (Å²) in [7, 11) is -2.20. The van der Waals surface area contributed by atoms with Crippen molar-refractivity contribution in [3.05, 3.63) is 24.3 Å². The van der Waals surface area contributed by atoms with Crippen LogP contribution in [-0.2, 0) is 19.6 Å². The molecule has 1 aliphatic heterocycles. The van der Waals surface area contributed by atoms with Crippen molar-refractivity contribution in [2.75, 3.05) is 18.9 Å². The Morgan fingerprint density at radius 3 is 2.43 bits per heavy atom. The number of carbonyl (C=O) groups is 3. The maximum atomic E-state index is 12.5. The minimum Gasteiger partial charge on any atom is -0.326 e. The van der Waals surface area contributed by atoms with E-state index in [2.05, 4.69) is 15.4 Å². The number of hydrogen-bond donors (Lipinski definition) is 3. The molecular formula is C18H24N4O5S. The highest BCUT2D eigenvalue weighted by molar-refractivity contribution is 7.89. The van der Waals surface area contributed by atoms with Crippen molar-refractivity contribution >= 4 is 33.6 Å². The van der Waals surface area contributed by atoms with E-state index < -0.39 is 15.6 Å². The molecule has 1 spiro atoms. The van der Waals surface area contributed by atoms with E-state index in [0.29, 0.717) is 24.9 Å². The first kappa shape index (κ1) is 20.3. The molecule has 2 fully saturated rings. The van der Waals surface area contributed by atoms with Gasteiger partial charge in [-0.05, 0) is 50.6 Å². The molecule has 0 atom stereocenters. The van der Waals surface area contributed by atoms with Crippen molar-refractivity contribution in [3.8, 4) is 0 Å². The zero-order valence-electron chi connectivity index (χ0n) is 15.7. The summed E-state index contributed by atoms with van der Waals surface area (Å²) < 4.78 is 25.6. The molecule has 4 amide bonds. The zero-order chi connectivity index (χ0) is 20.4. The lowest BCUT2D eigenvalue weighted by Crippen LogP contribution is -2.44. The number of nitrogens with zero attached hydrogens (tertiary/aromatic N) is 1. The molecule has 1 aliphatic carbocycles. The van der Waals surface area contributed by atoms with Crippen molar-refractivity contribution in [2.45, 2.75) is 49.0 Å². The van der Waals surface area contributed by atoms with Gasteiger partial charge in [0.1, 0.15) is 5.54 Å². The largest absolute Gasteiger partial charge is 0.326 e. The van der Waals surface area contributed by atoms with E-state index in [9.17, 15) is 22.8 Å². The summed E-state index contributed by atoms with van der Waals surface area (Å²) in [6.07, 6.45) is 3.70. The zero-order valence-corrected chi connectivity index (χ0v) is 16.5. The van der Waals surface area contributed by atoms with Crippen LogP contribution >= 0.6 is 0 Å². The molecule has 28 heavy (non-hydrogen) atoms. The molecule has 3 N–H and O–H groups in total. The van der Waals surface area contributed by atoms with Gasteiger partial charge in [0.15, 0.2) is 0 Å². The molecule has 1 aromatic rings. The number of sulfonamides is 1. The topological polar surface area (TPSA) is 125 Å². The lowest BCUT2D eigenvalue weighted by Gasteiger charge is -2.19. The van der Waals surface area contributed by atoms with Gasteiger partial charge in [0.05, 0.1) is 4.90 Å². The van der Waals surface area contributed by atoms with E-state index in [1.165, 1.54) is 36.2 Å². The fourth-order valence-corrected chi connectivity index (χ4v) is 4.38. The molecule has 3 rings (SSSR count). The maximum Gasteiger partial charge on any atom is 0.325 e. The number of imide groups is 1. The molecule has 2 aliphatic rings. The Balaban J connectivity index is 1.48.